The van der Waals surface area contributed by atoms with Gasteiger partial charge in [-0.1, -0.05) is 6.07 Å². The molecule has 0 aliphatic carbocycles. The van der Waals surface area contributed by atoms with E-state index in [0.29, 0.717) is 12.2 Å². The van der Waals surface area contributed by atoms with Crippen LogP contribution in [0.3, 0.4) is 0 Å². The molecule has 0 unspecified atom stereocenters. The van der Waals surface area contributed by atoms with Crippen molar-refractivity contribution in [2.45, 2.75) is 13.5 Å². The Hall–Kier alpha value is -0.860. The zero-order valence-corrected chi connectivity index (χ0v) is 8.39. The largest absolute Gasteiger partial charge is 0.380 e. The van der Waals surface area contributed by atoms with E-state index in [1.807, 2.05) is 13.0 Å². The third-order valence-corrected chi connectivity index (χ3v) is 2.09. The fraction of sp³-hybridized carbons (Fsp3) is 0.300. The Bertz CT molecular complexity index is 321. The lowest BCUT2D eigenvalue weighted by molar-refractivity contribution is 0.108. The number of ether oxygens (including phenoxy) is 1. The van der Waals surface area contributed by atoms with Crippen molar-refractivity contribution < 1.29 is 9.53 Å². The van der Waals surface area contributed by atoms with Crippen molar-refractivity contribution in [2.75, 3.05) is 7.11 Å². The molecule has 70 valence electrons. The van der Waals surface area contributed by atoms with E-state index in [1.165, 1.54) is 0 Å². The first-order valence-corrected chi connectivity index (χ1v) is 4.31. The second-order valence-corrected chi connectivity index (χ2v) is 3.19. The van der Waals surface area contributed by atoms with E-state index in [4.69, 9.17) is 16.3 Å². The number of aryl methyl sites for hydroxylation is 1. The lowest BCUT2D eigenvalue weighted by Crippen LogP contribution is -1.96. The maximum atomic E-state index is 10.8. The van der Waals surface area contributed by atoms with Gasteiger partial charge in [-0.25, -0.2) is 0 Å². The zero-order valence-electron chi connectivity index (χ0n) is 7.63. The summed E-state index contributed by atoms with van der Waals surface area (Å²) >= 11 is 5.35. The number of hydrogen-bond donors (Lipinski definition) is 0. The summed E-state index contributed by atoms with van der Waals surface area (Å²) in [5, 5.41) is -0.433. The molecule has 1 aromatic rings. The molecule has 0 amide bonds. The van der Waals surface area contributed by atoms with Gasteiger partial charge in [-0.2, -0.15) is 0 Å². The van der Waals surface area contributed by atoms with Gasteiger partial charge in [0.05, 0.1) is 6.61 Å². The molecule has 0 heterocycles. The van der Waals surface area contributed by atoms with Crippen LogP contribution in [-0.4, -0.2) is 12.4 Å². The molecular formula is C10H11ClO2. The summed E-state index contributed by atoms with van der Waals surface area (Å²) in [6.45, 7) is 2.47. The molecule has 0 saturated carbocycles. The first-order valence-electron chi connectivity index (χ1n) is 3.93. The molecule has 0 radical (unpaired) electrons. The minimum Gasteiger partial charge on any atom is -0.380 e. The highest BCUT2D eigenvalue weighted by molar-refractivity contribution is 6.67. The van der Waals surface area contributed by atoms with Crippen LogP contribution in [0.5, 0.6) is 0 Å². The third kappa shape index (κ3) is 2.54. The lowest BCUT2D eigenvalue weighted by Gasteiger charge is -2.05. The van der Waals surface area contributed by atoms with Gasteiger partial charge in [0.15, 0.2) is 0 Å². The average Bonchev–Trinajstić information content (AvgIpc) is 2.08. The van der Waals surface area contributed by atoms with Crippen LogP contribution >= 0.6 is 11.6 Å². The van der Waals surface area contributed by atoms with Gasteiger partial charge in [-0.05, 0) is 41.8 Å². The molecule has 0 spiro atoms. The molecule has 1 aromatic carbocycles. The van der Waals surface area contributed by atoms with E-state index in [0.717, 1.165) is 11.1 Å². The predicted octanol–water partition coefficient (Wildman–Crippen LogP) is 2.52. The van der Waals surface area contributed by atoms with Gasteiger partial charge in [-0.15, -0.1) is 0 Å². The smallest absolute Gasteiger partial charge is 0.252 e. The standard InChI is InChI=1S/C10H11ClO2/c1-7-3-4-8(10(11)12)5-9(7)6-13-2/h3-5H,6H2,1-2H3. The van der Waals surface area contributed by atoms with Gasteiger partial charge >= 0.3 is 0 Å². The van der Waals surface area contributed by atoms with Gasteiger partial charge in [-0.3, -0.25) is 4.79 Å². The molecule has 13 heavy (non-hydrogen) atoms. The predicted molar refractivity (Wildman–Crippen MR) is 52.1 cm³/mol. The maximum Gasteiger partial charge on any atom is 0.252 e. The summed E-state index contributed by atoms with van der Waals surface area (Å²) in [6, 6.07) is 5.34. The van der Waals surface area contributed by atoms with Crippen LogP contribution in [-0.2, 0) is 11.3 Å². The van der Waals surface area contributed by atoms with Crippen molar-refractivity contribution in [1.82, 2.24) is 0 Å². The molecule has 0 aromatic heterocycles. The Labute approximate surface area is 82.5 Å². The Kier molecular flexibility index (Phi) is 3.46. The van der Waals surface area contributed by atoms with Crippen LogP contribution in [0.25, 0.3) is 0 Å². The van der Waals surface area contributed by atoms with Crippen molar-refractivity contribution >= 4 is 16.8 Å². The number of hydrogen-bond acceptors (Lipinski definition) is 2. The van der Waals surface area contributed by atoms with Crippen molar-refractivity contribution in [3.8, 4) is 0 Å². The second-order valence-electron chi connectivity index (χ2n) is 2.85. The normalized spacial score (nSPS) is 10.1. The summed E-state index contributed by atoms with van der Waals surface area (Å²) in [7, 11) is 1.62. The number of carbonyl (C=O) groups is 1. The number of methoxy groups -OCH3 is 1. The van der Waals surface area contributed by atoms with E-state index in [1.54, 1.807) is 19.2 Å². The summed E-state index contributed by atoms with van der Waals surface area (Å²) in [6.07, 6.45) is 0. The lowest BCUT2D eigenvalue weighted by atomic mass is 10.1. The van der Waals surface area contributed by atoms with Gasteiger partial charge < -0.3 is 4.74 Å². The van der Waals surface area contributed by atoms with Crippen molar-refractivity contribution in [3.63, 3.8) is 0 Å². The molecule has 0 bridgehead atoms. The Morgan fingerprint density at radius 3 is 2.77 bits per heavy atom. The number of halogens is 1. The molecule has 2 nitrogen and oxygen atoms in total. The monoisotopic (exact) mass is 198 g/mol. The van der Waals surface area contributed by atoms with Crippen molar-refractivity contribution in [2.24, 2.45) is 0 Å². The molecule has 3 heteroatoms. The fourth-order valence-electron chi connectivity index (χ4n) is 1.10. The third-order valence-electron chi connectivity index (χ3n) is 1.88. The Balaban J connectivity index is 3.03. The van der Waals surface area contributed by atoms with E-state index in [-0.39, 0.29) is 0 Å². The van der Waals surface area contributed by atoms with Gasteiger partial charge in [0.2, 0.25) is 0 Å². The van der Waals surface area contributed by atoms with E-state index in [2.05, 4.69) is 0 Å². The number of benzene rings is 1. The molecular weight excluding hydrogens is 188 g/mol. The Morgan fingerprint density at radius 2 is 2.23 bits per heavy atom. The van der Waals surface area contributed by atoms with Gasteiger partial charge in [0.1, 0.15) is 0 Å². The highest BCUT2D eigenvalue weighted by atomic mass is 35.5. The molecule has 0 N–H and O–H groups in total. The van der Waals surface area contributed by atoms with Crippen LogP contribution in [0, 0.1) is 6.92 Å². The van der Waals surface area contributed by atoms with Gasteiger partial charge in [0, 0.05) is 12.7 Å². The number of rotatable bonds is 3. The molecule has 0 aliphatic rings. The van der Waals surface area contributed by atoms with Crippen LogP contribution in [0.4, 0.5) is 0 Å². The summed E-state index contributed by atoms with van der Waals surface area (Å²) in [5.74, 6) is 0. The highest BCUT2D eigenvalue weighted by Crippen LogP contribution is 2.13. The first-order chi connectivity index (χ1) is 6.15. The van der Waals surface area contributed by atoms with Crippen molar-refractivity contribution in [3.05, 3.63) is 34.9 Å². The molecule has 0 saturated heterocycles. The highest BCUT2D eigenvalue weighted by Gasteiger charge is 2.04. The molecule has 0 fully saturated rings. The SMILES string of the molecule is COCc1cc(C(=O)Cl)ccc1C. The van der Waals surface area contributed by atoms with Crippen LogP contribution in [0.2, 0.25) is 0 Å². The van der Waals surface area contributed by atoms with Gasteiger partial charge in [0.25, 0.3) is 5.24 Å². The quantitative estimate of drug-likeness (QED) is 0.698. The summed E-state index contributed by atoms with van der Waals surface area (Å²) in [5.41, 5.74) is 2.61. The summed E-state index contributed by atoms with van der Waals surface area (Å²) < 4.78 is 4.99. The van der Waals surface area contributed by atoms with E-state index in [9.17, 15) is 4.79 Å². The second kappa shape index (κ2) is 4.40. The average molecular weight is 199 g/mol. The fourth-order valence-corrected chi connectivity index (χ4v) is 1.22. The topological polar surface area (TPSA) is 26.3 Å². The van der Waals surface area contributed by atoms with Crippen LogP contribution in [0.1, 0.15) is 21.5 Å². The van der Waals surface area contributed by atoms with E-state index >= 15 is 0 Å². The van der Waals surface area contributed by atoms with Crippen molar-refractivity contribution in [1.29, 1.82) is 0 Å². The minimum absolute atomic E-state index is 0.433. The summed E-state index contributed by atoms with van der Waals surface area (Å²) in [4.78, 5) is 10.8. The Morgan fingerprint density at radius 1 is 1.54 bits per heavy atom. The minimum atomic E-state index is -0.433. The van der Waals surface area contributed by atoms with Crippen LogP contribution in [0.15, 0.2) is 18.2 Å². The molecule has 1 rings (SSSR count). The maximum absolute atomic E-state index is 10.8. The number of carbonyl (C=O) groups excluding carboxylic acids is 1. The molecule has 0 atom stereocenters. The van der Waals surface area contributed by atoms with E-state index < -0.39 is 5.24 Å². The van der Waals surface area contributed by atoms with Crippen LogP contribution < -0.4 is 0 Å². The zero-order chi connectivity index (χ0) is 9.84. The molecule has 0 aliphatic heterocycles. The first kappa shape index (κ1) is 10.2.